The van der Waals surface area contributed by atoms with E-state index >= 15 is 0 Å². The van der Waals surface area contributed by atoms with Gasteiger partial charge in [-0.1, -0.05) is 72.1 Å². The van der Waals surface area contributed by atoms with Crippen molar-refractivity contribution >= 4 is 9.84 Å². The van der Waals surface area contributed by atoms with Crippen LogP contribution in [0.3, 0.4) is 0 Å². The summed E-state index contributed by atoms with van der Waals surface area (Å²) in [6, 6.07) is 8.97. The first-order valence-corrected chi connectivity index (χ1v) is 20.7. The van der Waals surface area contributed by atoms with Crippen LogP contribution < -0.4 is 0 Å². The average molecular weight is 697 g/mol. The number of aliphatic hydroxyl groups excluding tert-OH is 1. The zero-order valence-electron chi connectivity index (χ0n) is 30.2. The third kappa shape index (κ3) is 6.90. The van der Waals surface area contributed by atoms with Crippen LogP contribution in [0.4, 0.5) is 13.2 Å². The fourth-order valence-electron chi connectivity index (χ4n) is 12.0. The zero-order chi connectivity index (χ0) is 35.2. The number of benzene rings is 1. The second-order valence-corrected chi connectivity index (χ2v) is 19.8. The SMILES string of the molecule is CCC(C)(CCCO)CCCCC([C@@H](C)[C@H]1CC[C@H]2[C@@H]3CC[C@H]4C[C@](O)(C(F)(F)F)CC[C@]4(C)[C@H]3CC[C@]12C)S(=O)(=O)c1ccccc1. The van der Waals surface area contributed by atoms with E-state index in [0.29, 0.717) is 35.5 Å². The second-order valence-electron chi connectivity index (χ2n) is 17.6. The van der Waals surface area contributed by atoms with Crippen LogP contribution in [0.25, 0.3) is 0 Å². The van der Waals surface area contributed by atoms with E-state index in [1.54, 1.807) is 12.1 Å². The molecule has 1 aromatic carbocycles. The van der Waals surface area contributed by atoms with Gasteiger partial charge in [0.2, 0.25) is 0 Å². The summed E-state index contributed by atoms with van der Waals surface area (Å²) in [5.74, 6) is 1.44. The Labute approximate surface area is 289 Å². The van der Waals surface area contributed by atoms with Crippen molar-refractivity contribution in [3.8, 4) is 0 Å². The lowest BCUT2D eigenvalue weighted by Crippen LogP contribution is -2.59. The van der Waals surface area contributed by atoms with Crippen LogP contribution in [0.5, 0.6) is 0 Å². The molecule has 4 nitrogen and oxygen atoms in total. The van der Waals surface area contributed by atoms with Crippen molar-refractivity contribution in [2.75, 3.05) is 6.61 Å². The Bertz CT molecular complexity index is 1340. The lowest BCUT2D eigenvalue weighted by atomic mass is 9.43. The minimum absolute atomic E-state index is 0.00268. The predicted molar refractivity (Wildman–Crippen MR) is 186 cm³/mol. The molecule has 11 atom stereocenters. The van der Waals surface area contributed by atoms with Crippen molar-refractivity contribution in [3.63, 3.8) is 0 Å². The molecule has 2 unspecified atom stereocenters. The maximum atomic E-state index is 14.4. The molecule has 0 saturated heterocycles. The number of aliphatic hydroxyl groups is 2. The molecule has 0 bridgehead atoms. The molecular weight excluding hydrogens is 633 g/mol. The van der Waals surface area contributed by atoms with Gasteiger partial charge in [0, 0.05) is 6.61 Å². The highest BCUT2D eigenvalue weighted by atomic mass is 32.2. The maximum Gasteiger partial charge on any atom is 0.417 e. The van der Waals surface area contributed by atoms with Crippen molar-refractivity contribution in [2.45, 2.75) is 159 Å². The van der Waals surface area contributed by atoms with Gasteiger partial charge < -0.3 is 10.2 Å². The Morgan fingerprint density at radius 1 is 0.896 bits per heavy atom. The summed E-state index contributed by atoms with van der Waals surface area (Å²) in [7, 11) is -3.56. The van der Waals surface area contributed by atoms with Crippen molar-refractivity contribution in [2.24, 2.45) is 51.8 Å². The first kappa shape index (κ1) is 38.1. The van der Waals surface area contributed by atoms with E-state index in [4.69, 9.17) is 0 Å². The monoisotopic (exact) mass is 696 g/mol. The van der Waals surface area contributed by atoms with Crippen molar-refractivity contribution in [3.05, 3.63) is 30.3 Å². The zero-order valence-corrected chi connectivity index (χ0v) is 31.0. The molecule has 0 radical (unpaired) electrons. The average Bonchev–Trinajstić information content (AvgIpc) is 3.41. The van der Waals surface area contributed by atoms with E-state index in [9.17, 15) is 31.8 Å². The van der Waals surface area contributed by atoms with Crippen molar-refractivity contribution in [1.82, 2.24) is 0 Å². The summed E-state index contributed by atoms with van der Waals surface area (Å²) in [4.78, 5) is 0.411. The number of halogens is 3. The van der Waals surface area contributed by atoms with Gasteiger partial charge in [0.15, 0.2) is 15.4 Å². The van der Waals surface area contributed by atoms with Crippen LogP contribution in [0.2, 0.25) is 0 Å². The molecule has 8 heteroatoms. The second kappa shape index (κ2) is 14.1. The molecule has 4 saturated carbocycles. The molecule has 4 aliphatic rings. The first-order valence-electron chi connectivity index (χ1n) is 19.1. The minimum atomic E-state index is -4.59. The van der Waals surface area contributed by atoms with Gasteiger partial charge in [-0.05, 0) is 147 Å². The molecule has 0 aliphatic heterocycles. The standard InChI is InChI=1S/C40H63F3O4S/c1-6-36(3,22-12-26-44)21-11-10-15-35(48(46,47)30-13-8-7-9-14-30)28(2)32-18-19-33-31-17-16-29-27-39(45,40(41,42)43)25-24-37(29,4)34(31)20-23-38(32,33)5/h7-9,13-14,28-29,31-35,44-45H,6,10-12,15-27H2,1-5H3/t28-,29-,31-,32+,33-,34-,35?,36?,37-,38+,39-/m0/s1. The largest absolute Gasteiger partial charge is 0.417 e. The van der Waals surface area contributed by atoms with Crippen molar-refractivity contribution in [1.29, 1.82) is 0 Å². The van der Waals surface area contributed by atoms with Gasteiger partial charge >= 0.3 is 6.18 Å². The normalized spacial score (nSPS) is 37.9. The molecule has 0 amide bonds. The number of alkyl halides is 3. The molecule has 5 rings (SSSR count). The predicted octanol–water partition coefficient (Wildman–Crippen LogP) is 10.2. The van der Waals surface area contributed by atoms with E-state index in [1.807, 2.05) is 18.2 Å². The van der Waals surface area contributed by atoms with E-state index in [2.05, 4.69) is 34.6 Å². The Balaban J connectivity index is 1.34. The highest BCUT2D eigenvalue weighted by Crippen LogP contribution is 2.69. The highest BCUT2D eigenvalue weighted by Gasteiger charge is 2.65. The number of fused-ring (bicyclic) bond motifs is 5. The Hall–Kier alpha value is -1.12. The van der Waals surface area contributed by atoms with Gasteiger partial charge in [-0.25, -0.2) is 8.42 Å². The number of rotatable bonds is 13. The number of sulfone groups is 1. The van der Waals surface area contributed by atoms with Gasteiger partial charge in [0.25, 0.3) is 0 Å². The Morgan fingerprint density at radius 3 is 2.21 bits per heavy atom. The fourth-order valence-corrected chi connectivity index (χ4v) is 14.2. The molecule has 2 N–H and O–H groups in total. The molecule has 274 valence electrons. The molecule has 0 spiro atoms. The van der Waals surface area contributed by atoms with Crippen LogP contribution in [-0.4, -0.2) is 42.3 Å². The first-order chi connectivity index (χ1) is 22.5. The summed E-state index contributed by atoms with van der Waals surface area (Å²) in [5, 5.41) is 19.6. The minimum Gasteiger partial charge on any atom is -0.396 e. The van der Waals surface area contributed by atoms with Gasteiger partial charge in [-0.2, -0.15) is 13.2 Å². The van der Waals surface area contributed by atoms with Crippen molar-refractivity contribution < 1.29 is 31.8 Å². The summed E-state index contributed by atoms with van der Waals surface area (Å²) in [6.07, 6.45) is 7.50. The van der Waals surface area contributed by atoms with Crippen LogP contribution in [-0.2, 0) is 9.84 Å². The molecule has 1 aromatic rings. The molecule has 4 fully saturated rings. The summed E-state index contributed by atoms with van der Waals surface area (Å²) >= 11 is 0. The Morgan fingerprint density at radius 2 is 1.56 bits per heavy atom. The fraction of sp³-hybridized carbons (Fsp3) is 0.850. The van der Waals surface area contributed by atoms with Crippen LogP contribution in [0, 0.1) is 51.8 Å². The van der Waals surface area contributed by atoms with Crippen LogP contribution in [0.1, 0.15) is 137 Å². The summed E-state index contributed by atoms with van der Waals surface area (Å²) in [5.41, 5.74) is -2.57. The third-order valence-corrected chi connectivity index (χ3v) is 17.7. The molecule has 4 aliphatic carbocycles. The molecule has 48 heavy (non-hydrogen) atoms. The quantitative estimate of drug-likeness (QED) is 0.201. The highest BCUT2D eigenvalue weighted by molar-refractivity contribution is 7.92. The number of unbranched alkanes of at least 4 members (excludes halogenated alkanes) is 1. The van der Waals surface area contributed by atoms with Gasteiger partial charge in [-0.15, -0.1) is 0 Å². The summed E-state index contributed by atoms with van der Waals surface area (Å²) in [6.45, 7) is 11.5. The topological polar surface area (TPSA) is 74.6 Å². The van der Waals surface area contributed by atoms with Gasteiger partial charge in [-0.3, -0.25) is 0 Å². The number of hydrogen-bond donors (Lipinski definition) is 2. The number of hydrogen-bond acceptors (Lipinski definition) is 4. The van der Waals surface area contributed by atoms with Crippen LogP contribution >= 0.6 is 0 Å². The van der Waals surface area contributed by atoms with E-state index in [0.717, 1.165) is 77.0 Å². The molecule has 0 aromatic heterocycles. The molecular formula is C40H63F3O4S. The Kier molecular flexibility index (Phi) is 11.2. The maximum absolute atomic E-state index is 14.4. The lowest BCUT2D eigenvalue weighted by molar-refractivity contribution is -0.290. The lowest BCUT2D eigenvalue weighted by Gasteiger charge is -2.62. The van der Waals surface area contributed by atoms with Crippen LogP contribution in [0.15, 0.2) is 35.2 Å². The van der Waals surface area contributed by atoms with Gasteiger partial charge in [0.05, 0.1) is 10.1 Å². The van der Waals surface area contributed by atoms with E-state index < -0.39 is 26.9 Å². The summed E-state index contributed by atoms with van der Waals surface area (Å²) < 4.78 is 70.4. The third-order valence-electron chi connectivity index (χ3n) is 15.3. The van der Waals surface area contributed by atoms with Gasteiger partial charge in [0.1, 0.15) is 0 Å². The molecule has 0 heterocycles. The van der Waals surface area contributed by atoms with E-state index in [-0.39, 0.29) is 53.4 Å². The van der Waals surface area contributed by atoms with E-state index in [1.165, 1.54) is 0 Å². The smallest absolute Gasteiger partial charge is 0.396 e.